The second-order valence-electron chi connectivity index (χ2n) is 5.07. The Bertz CT molecular complexity index is 487. The predicted octanol–water partition coefficient (Wildman–Crippen LogP) is 2.94. The molecule has 0 radical (unpaired) electrons. The number of rotatable bonds is 3. The Kier molecular flexibility index (Phi) is 5.24. The summed E-state index contributed by atoms with van der Waals surface area (Å²) < 4.78 is 0. The van der Waals surface area contributed by atoms with Crippen LogP contribution < -0.4 is 0 Å². The Morgan fingerprint density at radius 3 is 2.60 bits per heavy atom. The molecule has 1 aliphatic rings. The lowest BCUT2D eigenvalue weighted by Gasteiger charge is -2.37. The van der Waals surface area contributed by atoms with Gasteiger partial charge in [0, 0.05) is 38.4 Å². The standard InChI is InChI=1S/C14H19Cl2N3O/c1-3-10(2)18-4-6-19(7-5-18)14(20)11-8-13(16)17-9-12(11)15/h8-10H,3-7H2,1-2H3. The molecule has 4 nitrogen and oxygen atoms in total. The van der Waals surface area contributed by atoms with E-state index in [1.54, 1.807) is 0 Å². The number of pyridine rings is 1. The minimum atomic E-state index is -0.0666. The number of carbonyl (C=O) groups excluding carboxylic acids is 1. The molecule has 0 bridgehead atoms. The molecule has 1 unspecified atom stereocenters. The summed E-state index contributed by atoms with van der Waals surface area (Å²) in [6.45, 7) is 7.64. The van der Waals surface area contributed by atoms with E-state index in [4.69, 9.17) is 23.2 Å². The molecular weight excluding hydrogens is 297 g/mol. The maximum atomic E-state index is 12.5. The van der Waals surface area contributed by atoms with Crippen LogP contribution in [-0.4, -0.2) is 52.9 Å². The summed E-state index contributed by atoms with van der Waals surface area (Å²) in [5.41, 5.74) is 0.434. The van der Waals surface area contributed by atoms with Gasteiger partial charge in [0.15, 0.2) is 0 Å². The van der Waals surface area contributed by atoms with Gasteiger partial charge in [0.1, 0.15) is 5.15 Å². The van der Waals surface area contributed by atoms with Gasteiger partial charge in [0.05, 0.1) is 10.6 Å². The van der Waals surface area contributed by atoms with Crippen LogP contribution in [0, 0.1) is 0 Å². The number of aromatic nitrogens is 1. The topological polar surface area (TPSA) is 36.4 Å². The lowest BCUT2D eigenvalue weighted by atomic mass is 10.1. The van der Waals surface area contributed by atoms with Crippen molar-refractivity contribution in [3.8, 4) is 0 Å². The highest BCUT2D eigenvalue weighted by Crippen LogP contribution is 2.21. The predicted molar refractivity (Wildman–Crippen MR) is 81.5 cm³/mol. The van der Waals surface area contributed by atoms with Crippen molar-refractivity contribution in [1.82, 2.24) is 14.8 Å². The van der Waals surface area contributed by atoms with Gasteiger partial charge >= 0.3 is 0 Å². The average Bonchev–Trinajstić information content (AvgIpc) is 2.48. The number of nitrogens with zero attached hydrogens (tertiary/aromatic N) is 3. The normalized spacial score (nSPS) is 18.1. The number of halogens is 2. The Morgan fingerprint density at radius 2 is 2.00 bits per heavy atom. The minimum absolute atomic E-state index is 0.0666. The average molecular weight is 316 g/mol. The van der Waals surface area contributed by atoms with Gasteiger partial charge in [0.25, 0.3) is 5.91 Å². The van der Waals surface area contributed by atoms with Crippen molar-refractivity contribution in [2.45, 2.75) is 26.3 Å². The molecule has 1 atom stereocenters. The zero-order chi connectivity index (χ0) is 14.7. The first-order valence-corrected chi connectivity index (χ1v) is 7.63. The molecule has 1 saturated heterocycles. The van der Waals surface area contributed by atoms with Gasteiger partial charge in [-0.25, -0.2) is 4.98 Å². The van der Waals surface area contributed by atoms with Crippen molar-refractivity contribution in [2.75, 3.05) is 26.2 Å². The Hall–Kier alpha value is -0.840. The number of hydrogen-bond donors (Lipinski definition) is 0. The summed E-state index contributed by atoms with van der Waals surface area (Å²) in [5.74, 6) is -0.0666. The molecule has 20 heavy (non-hydrogen) atoms. The molecule has 1 aliphatic heterocycles. The van der Waals surface area contributed by atoms with E-state index in [1.165, 1.54) is 12.3 Å². The molecule has 0 aliphatic carbocycles. The maximum absolute atomic E-state index is 12.5. The first-order chi connectivity index (χ1) is 9.52. The fourth-order valence-corrected chi connectivity index (χ4v) is 2.71. The van der Waals surface area contributed by atoms with Crippen LogP contribution in [0.25, 0.3) is 0 Å². The van der Waals surface area contributed by atoms with Crippen molar-refractivity contribution in [1.29, 1.82) is 0 Å². The highest BCUT2D eigenvalue weighted by molar-refractivity contribution is 6.35. The monoisotopic (exact) mass is 315 g/mol. The fraction of sp³-hybridized carbons (Fsp3) is 0.571. The second kappa shape index (κ2) is 6.74. The zero-order valence-corrected chi connectivity index (χ0v) is 13.3. The van der Waals surface area contributed by atoms with Crippen LogP contribution in [0.3, 0.4) is 0 Å². The first-order valence-electron chi connectivity index (χ1n) is 6.87. The van der Waals surface area contributed by atoms with Crippen molar-refractivity contribution in [3.05, 3.63) is 28.0 Å². The summed E-state index contributed by atoms with van der Waals surface area (Å²) in [5, 5.41) is 0.639. The largest absolute Gasteiger partial charge is 0.336 e. The van der Waals surface area contributed by atoms with E-state index in [2.05, 4.69) is 23.7 Å². The molecule has 2 heterocycles. The van der Waals surface area contributed by atoms with E-state index in [-0.39, 0.29) is 11.1 Å². The molecule has 2 rings (SSSR count). The van der Waals surface area contributed by atoms with Crippen LogP contribution in [0.4, 0.5) is 0 Å². The van der Waals surface area contributed by atoms with Gasteiger partial charge in [-0.15, -0.1) is 0 Å². The third-order valence-corrected chi connectivity index (χ3v) is 4.38. The third-order valence-electron chi connectivity index (χ3n) is 3.87. The molecule has 0 aromatic carbocycles. The lowest BCUT2D eigenvalue weighted by Crippen LogP contribution is -2.51. The number of carbonyl (C=O) groups is 1. The molecule has 110 valence electrons. The molecule has 1 aromatic heterocycles. The summed E-state index contributed by atoms with van der Waals surface area (Å²) in [4.78, 5) is 20.6. The minimum Gasteiger partial charge on any atom is -0.336 e. The van der Waals surface area contributed by atoms with Crippen LogP contribution in [-0.2, 0) is 0 Å². The molecule has 1 amide bonds. The smallest absolute Gasteiger partial charge is 0.255 e. The van der Waals surface area contributed by atoms with Crippen molar-refractivity contribution in [2.24, 2.45) is 0 Å². The van der Waals surface area contributed by atoms with E-state index in [1.807, 2.05) is 4.90 Å². The molecule has 0 saturated carbocycles. The summed E-state index contributed by atoms with van der Waals surface area (Å²) in [7, 11) is 0. The number of amides is 1. The van der Waals surface area contributed by atoms with Crippen LogP contribution in [0.1, 0.15) is 30.6 Å². The highest BCUT2D eigenvalue weighted by atomic mass is 35.5. The van der Waals surface area contributed by atoms with Crippen LogP contribution in [0.5, 0.6) is 0 Å². The van der Waals surface area contributed by atoms with Gasteiger partial charge < -0.3 is 4.90 Å². The summed E-state index contributed by atoms with van der Waals surface area (Å²) >= 11 is 11.9. The summed E-state index contributed by atoms with van der Waals surface area (Å²) in [6.07, 6.45) is 2.55. The van der Waals surface area contributed by atoms with E-state index < -0.39 is 0 Å². The molecule has 6 heteroatoms. The van der Waals surface area contributed by atoms with E-state index in [9.17, 15) is 4.79 Å². The van der Waals surface area contributed by atoms with Crippen LogP contribution in [0.2, 0.25) is 10.2 Å². The van der Waals surface area contributed by atoms with Gasteiger partial charge in [0.2, 0.25) is 0 Å². The van der Waals surface area contributed by atoms with Crippen molar-refractivity contribution in [3.63, 3.8) is 0 Å². The molecule has 0 N–H and O–H groups in total. The first kappa shape index (κ1) is 15.5. The van der Waals surface area contributed by atoms with E-state index in [0.717, 1.165) is 32.6 Å². The van der Waals surface area contributed by atoms with E-state index in [0.29, 0.717) is 16.6 Å². The van der Waals surface area contributed by atoms with Gasteiger partial charge in [-0.3, -0.25) is 9.69 Å². The highest BCUT2D eigenvalue weighted by Gasteiger charge is 2.25. The van der Waals surface area contributed by atoms with E-state index >= 15 is 0 Å². The summed E-state index contributed by atoms with van der Waals surface area (Å²) in [6, 6.07) is 2.10. The molecule has 1 fully saturated rings. The fourth-order valence-electron chi connectivity index (χ4n) is 2.37. The molecule has 0 spiro atoms. The third kappa shape index (κ3) is 3.43. The maximum Gasteiger partial charge on any atom is 0.255 e. The lowest BCUT2D eigenvalue weighted by molar-refractivity contribution is 0.0579. The van der Waals surface area contributed by atoms with Crippen LogP contribution in [0.15, 0.2) is 12.3 Å². The Morgan fingerprint density at radius 1 is 1.35 bits per heavy atom. The van der Waals surface area contributed by atoms with Gasteiger partial charge in [-0.05, 0) is 19.4 Å². The zero-order valence-electron chi connectivity index (χ0n) is 11.8. The molecule has 1 aromatic rings. The van der Waals surface area contributed by atoms with Crippen molar-refractivity contribution < 1.29 is 4.79 Å². The van der Waals surface area contributed by atoms with Gasteiger partial charge in [-0.2, -0.15) is 0 Å². The van der Waals surface area contributed by atoms with Crippen LogP contribution >= 0.6 is 23.2 Å². The Balaban J connectivity index is 2.03. The Labute approximate surface area is 129 Å². The van der Waals surface area contributed by atoms with Crippen molar-refractivity contribution >= 4 is 29.1 Å². The van der Waals surface area contributed by atoms with Gasteiger partial charge in [-0.1, -0.05) is 30.1 Å². The second-order valence-corrected chi connectivity index (χ2v) is 5.87. The number of piperazine rings is 1. The molecular formula is C14H19Cl2N3O. The number of hydrogen-bond acceptors (Lipinski definition) is 3. The quantitative estimate of drug-likeness (QED) is 0.805. The SMILES string of the molecule is CCC(C)N1CCN(C(=O)c2cc(Cl)ncc2Cl)CC1.